The molecular formula is C24H22FN5O3S. The minimum absolute atomic E-state index is 0.0270. The number of halogens is 1. The van der Waals surface area contributed by atoms with E-state index in [9.17, 15) is 22.9 Å². The summed E-state index contributed by atoms with van der Waals surface area (Å²) in [5.41, 5.74) is 1.61. The number of amides is 1. The van der Waals surface area contributed by atoms with Crippen LogP contribution in [0.5, 0.6) is 0 Å². The third-order valence-corrected chi connectivity index (χ3v) is 6.92. The third-order valence-electron chi connectivity index (χ3n) is 5.52. The van der Waals surface area contributed by atoms with Gasteiger partial charge in [0.25, 0.3) is 10.0 Å². The molecule has 2 heterocycles. The molecule has 34 heavy (non-hydrogen) atoms. The van der Waals surface area contributed by atoms with Gasteiger partial charge in [-0.2, -0.15) is 5.26 Å². The number of sulfonamides is 1. The van der Waals surface area contributed by atoms with Crippen LogP contribution in [0.1, 0.15) is 11.1 Å². The summed E-state index contributed by atoms with van der Waals surface area (Å²) in [5.74, 6) is 0.0923. The summed E-state index contributed by atoms with van der Waals surface area (Å²) < 4.78 is 40.4. The lowest BCUT2D eigenvalue weighted by Crippen LogP contribution is -2.49. The van der Waals surface area contributed by atoms with Crippen molar-refractivity contribution in [1.82, 2.24) is 9.88 Å². The second kappa shape index (κ2) is 9.89. The van der Waals surface area contributed by atoms with Gasteiger partial charge in [0.1, 0.15) is 17.7 Å². The highest BCUT2D eigenvalue weighted by Gasteiger charge is 2.23. The quantitative estimate of drug-likeness (QED) is 0.583. The molecule has 0 bridgehead atoms. The zero-order valence-electron chi connectivity index (χ0n) is 18.2. The molecule has 1 N–H and O–H groups in total. The topological polar surface area (TPSA) is 106 Å². The summed E-state index contributed by atoms with van der Waals surface area (Å²) in [6.07, 6.45) is 1.84. The van der Waals surface area contributed by atoms with E-state index in [-0.39, 0.29) is 17.2 Å². The van der Waals surface area contributed by atoms with Crippen LogP contribution in [0.25, 0.3) is 0 Å². The van der Waals surface area contributed by atoms with Crippen molar-refractivity contribution in [2.75, 3.05) is 35.8 Å². The van der Waals surface area contributed by atoms with Crippen LogP contribution in [0, 0.1) is 17.1 Å². The second-order valence-electron chi connectivity index (χ2n) is 7.79. The lowest BCUT2D eigenvalue weighted by molar-refractivity contribution is -0.130. The number of carbonyl (C=O) groups excluding carboxylic acids is 1. The molecule has 1 fully saturated rings. The van der Waals surface area contributed by atoms with Crippen LogP contribution in [0.15, 0.2) is 71.8 Å². The average molecular weight is 480 g/mol. The highest BCUT2D eigenvalue weighted by Crippen LogP contribution is 2.20. The normalized spacial score (nSPS) is 13.9. The van der Waals surface area contributed by atoms with E-state index in [2.05, 4.69) is 15.8 Å². The standard InChI is InChI=1S/C24H22FN5O3S/c25-20-5-9-22(10-6-20)34(32,33)28-21-7-3-18(4-8-21)16-23(31)29-12-14-30(15-13-29)24-19(17-26)2-1-11-27-24/h1-11,28H,12-16H2. The van der Waals surface area contributed by atoms with Gasteiger partial charge in [0, 0.05) is 38.1 Å². The molecule has 1 amide bonds. The van der Waals surface area contributed by atoms with Gasteiger partial charge in [-0.05, 0) is 54.1 Å². The molecule has 0 aliphatic carbocycles. The molecule has 174 valence electrons. The Bertz CT molecular complexity index is 1310. The number of piperazine rings is 1. The minimum Gasteiger partial charge on any atom is -0.352 e. The lowest BCUT2D eigenvalue weighted by atomic mass is 10.1. The Morgan fingerprint density at radius 3 is 2.35 bits per heavy atom. The molecule has 0 unspecified atom stereocenters. The van der Waals surface area contributed by atoms with Gasteiger partial charge in [-0.3, -0.25) is 9.52 Å². The summed E-state index contributed by atoms with van der Waals surface area (Å²) in [6.45, 7) is 2.22. The number of nitriles is 1. The Morgan fingerprint density at radius 2 is 1.71 bits per heavy atom. The molecule has 1 aromatic heterocycles. The van der Waals surface area contributed by atoms with E-state index in [4.69, 9.17) is 0 Å². The molecule has 1 aliphatic rings. The minimum atomic E-state index is -3.84. The summed E-state index contributed by atoms with van der Waals surface area (Å²) in [4.78, 5) is 20.8. The van der Waals surface area contributed by atoms with Crippen LogP contribution in [-0.4, -0.2) is 50.4 Å². The van der Waals surface area contributed by atoms with E-state index in [1.807, 2.05) is 4.90 Å². The summed E-state index contributed by atoms with van der Waals surface area (Å²) in [6, 6.07) is 16.7. The Labute approximate surface area is 197 Å². The maximum absolute atomic E-state index is 13.0. The molecule has 0 saturated carbocycles. The summed E-state index contributed by atoms with van der Waals surface area (Å²) in [7, 11) is -3.84. The Kier molecular flexibility index (Phi) is 6.75. The highest BCUT2D eigenvalue weighted by atomic mass is 32.2. The van der Waals surface area contributed by atoms with Crippen molar-refractivity contribution >= 4 is 27.4 Å². The van der Waals surface area contributed by atoms with Gasteiger partial charge in [-0.25, -0.2) is 17.8 Å². The van der Waals surface area contributed by atoms with Crippen LogP contribution in [0.3, 0.4) is 0 Å². The van der Waals surface area contributed by atoms with Crippen molar-refractivity contribution < 1.29 is 17.6 Å². The second-order valence-corrected chi connectivity index (χ2v) is 9.47. The van der Waals surface area contributed by atoms with Gasteiger partial charge in [0.05, 0.1) is 16.9 Å². The Hall–Kier alpha value is -3.97. The first kappa shape index (κ1) is 23.2. The first-order valence-corrected chi connectivity index (χ1v) is 12.1. The van der Waals surface area contributed by atoms with Gasteiger partial charge >= 0.3 is 0 Å². The SMILES string of the molecule is N#Cc1cccnc1N1CCN(C(=O)Cc2ccc(NS(=O)(=O)c3ccc(F)cc3)cc2)CC1. The van der Waals surface area contributed by atoms with Crippen LogP contribution < -0.4 is 9.62 Å². The molecule has 10 heteroatoms. The number of benzene rings is 2. The van der Waals surface area contributed by atoms with E-state index >= 15 is 0 Å². The van der Waals surface area contributed by atoms with E-state index in [0.29, 0.717) is 43.2 Å². The fourth-order valence-electron chi connectivity index (χ4n) is 3.71. The number of nitrogens with one attached hydrogen (secondary N) is 1. The molecule has 2 aromatic carbocycles. The zero-order chi connectivity index (χ0) is 24.1. The van der Waals surface area contributed by atoms with Crippen LogP contribution in [0.4, 0.5) is 15.9 Å². The molecule has 0 radical (unpaired) electrons. The number of pyridine rings is 1. The third kappa shape index (κ3) is 5.32. The number of nitrogens with zero attached hydrogens (tertiary/aromatic N) is 4. The van der Waals surface area contributed by atoms with Gasteiger partial charge in [0.15, 0.2) is 0 Å². The van der Waals surface area contributed by atoms with E-state index in [1.54, 1.807) is 47.5 Å². The summed E-state index contributed by atoms with van der Waals surface area (Å²) in [5, 5.41) is 9.27. The number of hydrogen-bond acceptors (Lipinski definition) is 6. The van der Waals surface area contributed by atoms with Crippen molar-refractivity contribution in [3.63, 3.8) is 0 Å². The first-order chi connectivity index (χ1) is 16.4. The molecule has 0 spiro atoms. The van der Waals surface area contributed by atoms with Crippen molar-refractivity contribution in [3.05, 3.63) is 83.8 Å². The van der Waals surface area contributed by atoms with Gasteiger partial charge in [0.2, 0.25) is 5.91 Å². The predicted molar refractivity (Wildman–Crippen MR) is 125 cm³/mol. The lowest BCUT2D eigenvalue weighted by Gasteiger charge is -2.35. The molecule has 0 atom stereocenters. The Balaban J connectivity index is 1.33. The maximum atomic E-state index is 13.0. The molecule has 4 rings (SSSR count). The zero-order valence-corrected chi connectivity index (χ0v) is 19.0. The van der Waals surface area contributed by atoms with E-state index < -0.39 is 15.8 Å². The number of carbonyl (C=O) groups is 1. The van der Waals surface area contributed by atoms with Crippen LogP contribution >= 0.6 is 0 Å². The fourth-order valence-corrected chi connectivity index (χ4v) is 4.77. The molecule has 8 nitrogen and oxygen atoms in total. The maximum Gasteiger partial charge on any atom is 0.261 e. The van der Waals surface area contributed by atoms with Crippen molar-refractivity contribution in [1.29, 1.82) is 5.26 Å². The van der Waals surface area contributed by atoms with Crippen molar-refractivity contribution in [2.45, 2.75) is 11.3 Å². The van der Waals surface area contributed by atoms with Crippen LogP contribution in [-0.2, 0) is 21.2 Å². The number of hydrogen-bond donors (Lipinski definition) is 1. The molecular weight excluding hydrogens is 457 g/mol. The molecule has 3 aromatic rings. The van der Waals surface area contributed by atoms with E-state index in [0.717, 1.165) is 17.7 Å². The predicted octanol–water partition coefficient (Wildman–Crippen LogP) is 2.78. The largest absolute Gasteiger partial charge is 0.352 e. The van der Waals surface area contributed by atoms with E-state index in [1.165, 1.54) is 12.1 Å². The van der Waals surface area contributed by atoms with Crippen molar-refractivity contribution in [2.24, 2.45) is 0 Å². The first-order valence-electron chi connectivity index (χ1n) is 10.6. The van der Waals surface area contributed by atoms with Crippen LogP contribution in [0.2, 0.25) is 0 Å². The van der Waals surface area contributed by atoms with Crippen molar-refractivity contribution in [3.8, 4) is 6.07 Å². The monoisotopic (exact) mass is 479 g/mol. The fraction of sp³-hybridized carbons (Fsp3) is 0.208. The summed E-state index contributed by atoms with van der Waals surface area (Å²) >= 11 is 0. The number of aromatic nitrogens is 1. The smallest absolute Gasteiger partial charge is 0.261 e. The van der Waals surface area contributed by atoms with Gasteiger partial charge < -0.3 is 9.80 Å². The van der Waals surface area contributed by atoms with Gasteiger partial charge in [-0.15, -0.1) is 0 Å². The Morgan fingerprint density at radius 1 is 1.03 bits per heavy atom. The highest BCUT2D eigenvalue weighted by molar-refractivity contribution is 7.92. The molecule has 1 saturated heterocycles. The average Bonchev–Trinajstić information content (AvgIpc) is 2.85. The van der Waals surface area contributed by atoms with Gasteiger partial charge in [-0.1, -0.05) is 12.1 Å². The number of rotatable bonds is 6. The molecule has 1 aliphatic heterocycles. The number of anilines is 2.